The fourth-order valence-electron chi connectivity index (χ4n) is 0.662. The molecule has 0 amide bonds. The molecule has 0 aromatic rings. The van der Waals surface area contributed by atoms with Crippen molar-refractivity contribution in [3.8, 4) is 0 Å². The maximum atomic E-state index is 2.29. The molecule has 0 bridgehead atoms. The van der Waals surface area contributed by atoms with E-state index in [0.29, 0.717) is 0 Å². The average molecular weight is 126 g/mol. The van der Waals surface area contributed by atoms with Crippen molar-refractivity contribution in [3.05, 3.63) is 12.2 Å². The molecular formula is C9H18. The molecule has 9 heavy (non-hydrogen) atoms. The largest absolute Gasteiger partial charge is 0.0888 e. The van der Waals surface area contributed by atoms with Crippen LogP contribution in [0.3, 0.4) is 0 Å². The van der Waals surface area contributed by atoms with Crippen LogP contribution in [0.25, 0.3) is 0 Å². The van der Waals surface area contributed by atoms with Gasteiger partial charge < -0.3 is 0 Å². The average Bonchev–Trinajstić information content (AvgIpc) is 1.89. The topological polar surface area (TPSA) is 0 Å². The molecule has 0 saturated carbocycles. The molecule has 0 spiro atoms. The molecule has 0 rings (SSSR count). The van der Waals surface area contributed by atoms with Gasteiger partial charge in [0.1, 0.15) is 0 Å². The molecule has 1 atom stereocenters. The fourth-order valence-corrected chi connectivity index (χ4v) is 0.662. The quantitative estimate of drug-likeness (QED) is 0.506. The van der Waals surface area contributed by atoms with E-state index in [1.807, 2.05) is 0 Å². The highest BCUT2D eigenvalue weighted by atomic mass is 14.0. The monoisotopic (exact) mass is 126 g/mol. The molecule has 1 unspecified atom stereocenters. The normalized spacial score (nSPS) is 14.6. The molecular weight excluding hydrogens is 108 g/mol. The van der Waals surface area contributed by atoms with Crippen molar-refractivity contribution in [2.75, 3.05) is 0 Å². The predicted molar refractivity (Wildman–Crippen MR) is 43.5 cm³/mol. The summed E-state index contributed by atoms with van der Waals surface area (Å²) in [6.07, 6.45) is 8.26. The molecule has 0 radical (unpaired) electrons. The van der Waals surface area contributed by atoms with Crippen LogP contribution in [0.2, 0.25) is 0 Å². The van der Waals surface area contributed by atoms with Gasteiger partial charge >= 0.3 is 0 Å². The van der Waals surface area contributed by atoms with E-state index in [9.17, 15) is 0 Å². The van der Waals surface area contributed by atoms with Crippen LogP contribution in [0.5, 0.6) is 0 Å². The Bertz CT molecular complexity index is 72.1. The SMILES string of the molecule is CCC=CCC(C)CC. The smallest absolute Gasteiger partial charge is 0.0325 e. The Hall–Kier alpha value is -0.260. The Balaban J connectivity index is 3.15. The standard InChI is InChI=1S/C9H18/c1-4-6-7-8-9(3)5-2/h6-7,9H,4-5,8H2,1-3H3. The second-order valence-electron chi connectivity index (χ2n) is 2.63. The minimum Gasteiger partial charge on any atom is -0.0888 e. The summed E-state index contributed by atoms with van der Waals surface area (Å²) in [5.74, 6) is 0.868. The lowest BCUT2D eigenvalue weighted by molar-refractivity contribution is 0.571. The Labute approximate surface area is 59.0 Å². The first kappa shape index (κ1) is 8.74. The van der Waals surface area contributed by atoms with Gasteiger partial charge in [0, 0.05) is 0 Å². The molecule has 0 heteroatoms. The molecule has 0 fully saturated rings. The first-order valence-corrected chi connectivity index (χ1v) is 3.96. The Morgan fingerprint density at radius 1 is 1.22 bits per heavy atom. The van der Waals surface area contributed by atoms with Gasteiger partial charge in [-0.15, -0.1) is 0 Å². The lowest BCUT2D eigenvalue weighted by Crippen LogP contribution is -1.87. The molecule has 0 N–H and O–H groups in total. The van der Waals surface area contributed by atoms with Gasteiger partial charge in [-0.05, 0) is 18.8 Å². The fraction of sp³-hybridized carbons (Fsp3) is 0.778. The summed E-state index contributed by atoms with van der Waals surface area (Å²) in [5.41, 5.74) is 0. The van der Waals surface area contributed by atoms with E-state index in [0.717, 1.165) is 5.92 Å². The van der Waals surface area contributed by atoms with E-state index in [4.69, 9.17) is 0 Å². The van der Waals surface area contributed by atoms with Crippen molar-refractivity contribution in [2.45, 2.75) is 40.0 Å². The van der Waals surface area contributed by atoms with Crippen molar-refractivity contribution < 1.29 is 0 Å². The highest BCUT2D eigenvalue weighted by Crippen LogP contribution is 2.06. The summed E-state index contributed by atoms with van der Waals surface area (Å²) in [6, 6.07) is 0. The summed E-state index contributed by atoms with van der Waals surface area (Å²) < 4.78 is 0. The molecule has 0 aromatic carbocycles. The van der Waals surface area contributed by atoms with Gasteiger partial charge in [-0.2, -0.15) is 0 Å². The van der Waals surface area contributed by atoms with Crippen LogP contribution >= 0.6 is 0 Å². The Morgan fingerprint density at radius 2 is 1.89 bits per heavy atom. The lowest BCUT2D eigenvalue weighted by Gasteiger charge is -2.01. The summed E-state index contributed by atoms with van der Waals surface area (Å²) in [7, 11) is 0. The zero-order chi connectivity index (χ0) is 7.11. The van der Waals surface area contributed by atoms with Crippen molar-refractivity contribution >= 4 is 0 Å². The van der Waals surface area contributed by atoms with Crippen LogP contribution in [0, 0.1) is 5.92 Å². The molecule has 0 aliphatic heterocycles. The number of rotatable bonds is 4. The van der Waals surface area contributed by atoms with Gasteiger partial charge in [0.2, 0.25) is 0 Å². The summed E-state index contributed by atoms with van der Waals surface area (Å²) in [6.45, 7) is 6.71. The maximum Gasteiger partial charge on any atom is -0.0325 e. The molecule has 0 aromatic heterocycles. The van der Waals surface area contributed by atoms with Crippen LogP contribution in [-0.2, 0) is 0 Å². The van der Waals surface area contributed by atoms with Crippen LogP contribution < -0.4 is 0 Å². The third kappa shape index (κ3) is 5.61. The van der Waals surface area contributed by atoms with Gasteiger partial charge in [-0.3, -0.25) is 0 Å². The van der Waals surface area contributed by atoms with E-state index in [-0.39, 0.29) is 0 Å². The van der Waals surface area contributed by atoms with E-state index >= 15 is 0 Å². The Morgan fingerprint density at radius 3 is 2.33 bits per heavy atom. The van der Waals surface area contributed by atoms with Crippen molar-refractivity contribution in [2.24, 2.45) is 5.92 Å². The van der Waals surface area contributed by atoms with E-state index in [2.05, 4.69) is 32.9 Å². The predicted octanol–water partition coefficient (Wildman–Crippen LogP) is 3.39. The van der Waals surface area contributed by atoms with Crippen LogP contribution in [0.15, 0.2) is 12.2 Å². The van der Waals surface area contributed by atoms with Gasteiger partial charge in [0.25, 0.3) is 0 Å². The number of allylic oxidation sites excluding steroid dienone is 2. The third-order valence-electron chi connectivity index (χ3n) is 1.64. The zero-order valence-corrected chi connectivity index (χ0v) is 6.85. The van der Waals surface area contributed by atoms with Gasteiger partial charge in [-0.1, -0.05) is 39.3 Å². The van der Waals surface area contributed by atoms with Gasteiger partial charge in [0.15, 0.2) is 0 Å². The number of hydrogen-bond donors (Lipinski definition) is 0. The van der Waals surface area contributed by atoms with Gasteiger partial charge in [-0.25, -0.2) is 0 Å². The second kappa shape index (κ2) is 5.87. The minimum atomic E-state index is 0.868. The highest BCUT2D eigenvalue weighted by molar-refractivity contribution is 4.81. The van der Waals surface area contributed by atoms with E-state index < -0.39 is 0 Å². The summed E-state index contributed by atoms with van der Waals surface area (Å²) in [5, 5.41) is 0. The zero-order valence-electron chi connectivity index (χ0n) is 6.85. The van der Waals surface area contributed by atoms with Gasteiger partial charge in [0.05, 0.1) is 0 Å². The minimum absolute atomic E-state index is 0.868. The molecule has 54 valence electrons. The summed E-state index contributed by atoms with van der Waals surface area (Å²) >= 11 is 0. The van der Waals surface area contributed by atoms with E-state index in [1.54, 1.807) is 0 Å². The first-order valence-electron chi connectivity index (χ1n) is 3.96. The highest BCUT2D eigenvalue weighted by Gasteiger charge is 1.91. The van der Waals surface area contributed by atoms with Crippen LogP contribution in [-0.4, -0.2) is 0 Å². The molecule has 0 aliphatic rings. The number of hydrogen-bond acceptors (Lipinski definition) is 0. The van der Waals surface area contributed by atoms with E-state index in [1.165, 1.54) is 19.3 Å². The second-order valence-corrected chi connectivity index (χ2v) is 2.63. The van der Waals surface area contributed by atoms with Crippen molar-refractivity contribution in [1.29, 1.82) is 0 Å². The third-order valence-corrected chi connectivity index (χ3v) is 1.64. The molecule has 0 aliphatic carbocycles. The first-order chi connectivity index (χ1) is 4.31. The maximum absolute atomic E-state index is 2.29. The molecule has 0 heterocycles. The molecule has 0 nitrogen and oxygen atoms in total. The Kier molecular flexibility index (Phi) is 5.70. The van der Waals surface area contributed by atoms with Crippen LogP contribution in [0.4, 0.5) is 0 Å². The van der Waals surface area contributed by atoms with Crippen LogP contribution in [0.1, 0.15) is 40.0 Å². The van der Waals surface area contributed by atoms with Crippen molar-refractivity contribution in [1.82, 2.24) is 0 Å². The van der Waals surface area contributed by atoms with Crippen molar-refractivity contribution in [3.63, 3.8) is 0 Å². The molecule has 0 saturated heterocycles. The lowest BCUT2D eigenvalue weighted by atomic mass is 10.1. The summed E-state index contributed by atoms with van der Waals surface area (Å²) in [4.78, 5) is 0.